The lowest BCUT2D eigenvalue weighted by molar-refractivity contribution is -0.0118. The molecule has 1 heterocycles. The highest BCUT2D eigenvalue weighted by Crippen LogP contribution is 2.22. The third-order valence-corrected chi connectivity index (χ3v) is 3.11. The van der Waals surface area contributed by atoms with Crippen LogP contribution in [0.2, 0.25) is 0 Å². The normalized spacial score (nSPS) is 17.3. The maximum Gasteiger partial charge on any atom is 0.125 e. The first-order chi connectivity index (χ1) is 8.66. The molecule has 1 unspecified atom stereocenters. The molecule has 0 saturated carbocycles. The quantitative estimate of drug-likeness (QED) is 0.793. The Morgan fingerprint density at radius 2 is 2.06 bits per heavy atom. The Labute approximate surface area is 108 Å². The van der Waals surface area contributed by atoms with Gasteiger partial charge in [0, 0.05) is 6.54 Å². The second-order valence-electron chi connectivity index (χ2n) is 4.83. The van der Waals surface area contributed by atoms with Crippen LogP contribution in [0.15, 0.2) is 18.2 Å². The number of ether oxygens (including phenoxy) is 2. The predicted octanol–water partition coefficient (Wildman–Crippen LogP) is 1.03. The van der Waals surface area contributed by atoms with Gasteiger partial charge in [-0.3, -0.25) is 0 Å². The van der Waals surface area contributed by atoms with Gasteiger partial charge in [0.15, 0.2) is 0 Å². The lowest BCUT2D eigenvalue weighted by Crippen LogP contribution is -2.49. The summed E-state index contributed by atoms with van der Waals surface area (Å²) in [5, 5.41) is 13.1. The summed E-state index contributed by atoms with van der Waals surface area (Å²) < 4.78 is 10.7. The summed E-state index contributed by atoms with van der Waals surface area (Å²) in [6.07, 6.45) is -0.496. The van der Waals surface area contributed by atoms with Gasteiger partial charge in [0.2, 0.25) is 0 Å². The molecule has 4 nitrogen and oxygen atoms in total. The van der Waals surface area contributed by atoms with Gasteiger partial charge in [0.25, 0.3) is 0 Å². The molecule has 4 heteroatoms. The van der Waals surface area contributed by atoms with E-state index in [0.717, 1.165) is 30.1 Å². The van der Waals surface area contributed by atoms with Crippen LogP contribution in [-0.4, -0.2) is 43.6 Å². The molecule has 0 aromatic heterocycles. The van der Waals surface area contributed by atoms with E-state index < -0.39 is 6.10 Å². The van der Waals surface area contributed by atoms with E-state index in [0.29, 0.717) is 19.2 Å². The van der Waals surface area contributed by atoms with Gasteiger partial charge >= 0.3 is 0 Å². The van der Waals surface area contributed by atoms with Crippen molar-refractivity contribution >= 4 is 0 Å². The standard InChI is InChI=1S/C14H21NO3/c1-10-4-3-5-11(2)14(10)18-9-13(16)6-15-12-7-17-8-12/h3-5,12-13,15-16H,6-9H2,1-2H3. The van der Waals surface area contributed by atoms with Gasteiger partial charge in [-0.1, -0.05) is 18.2 Å². The molecule has 0 bridgehead atoms. The van der Waals surface area contributed by atoms with Gasteiger partial charge < -0.3 is 19.9 Å². The minimum atomic E-state index is -0.496. The number of aliphatic hydroxyl groups excluding tert-OH is 1. The van der Waals surface area contributed by atoms with Gasteiger partial charge in [-0.25, -0.2) is 0 Å². The summed E-state index contributed by atoms with van der Waals surface area (Å²) in [7, 11) is 0. The Morgan fingerprint density at radius 3 is 2.61 bits per heavy atom. The van der Waals surface area contributed by atoms with E-state index in [1.807, 2.05) is 32.0 Å². The largest absolute Gasteiger partial charge is 0.490 e. The van der Waals surface area contributed by atoms with E-state index in [1.54, 1.807) is 0 Å². The molecule has 1 aliphatic heterocycles. The van der Waals surface area contributed by atoms with Gasteiger partial charge in [-0.05, 0) is 25.0 Å². The lowest BCUT2D eigenvalue weighted by Gasteiger charge is -2.28. The molecule has 0 radical (unpaired) electrons. The van der Waals surface area contributed by atoms with Crippen LogP contribution in [-0.2, 0) is 4.74 Å². The maximum absolute atomic E-state index is 9.83. The Hall–Kier alpha value is -1.10. The summed E-state index contributed by atoms with van der Waals surface area (Å²) >= 11 is 0. The molecule has 2 rings (SSSR count). The van der Waals surface area contributed by atoms with Crippen LogP contribution in [0.25, 0.3) is 0 Å². The highest BCUT2D eigenvalue weighted by atomic mass is 16.5. The average Bonchev–Trinajstić information content (AvgIpc) is 2.26. The summed E-state index contributed by atoms with van der Waals surface area (Å²) in [5.74, 6) is 0.878. The molecule has 1 fully saturated rings. The lowest BCUT2D eigenvalue weighted by atomic mass is 10.1. The molecule has 1 aromatic carbocycles. The molecule has 0 aliphatic carbocycles. The molecule has 1 aliphatic rings. The maximum atomic E-state index is 9.83. The average molecular weight is 251 g/mol. The van der Waals surface area contributed by atoms with E-state index in [9.17, 15) is 5.11 Å². The predicted molar refractivity (Wildman–Crippen MR) is 70.0 cm³/mol. The molecule has 2 N–H and O–H groups in total. The highest BCUT2D eigenvalue weighted by molar-refractivity contribution is 5.39. The van der Waals surface area contributed by atoms with Crippen molar-refractivity contribution in [3.05, 3.63) is 29.3 Å². The molecule has 0 spiro atoms. The number of hydrogen-bond donors (Lipinski definition) is 2. The molecule has 1 saturated heterocycles. The van der Waals surface area contributed by atoms with Crippen molar-refractivity contribution in [1.82, 2.24) is 5.32 Å². The topological polar surface area (TPSA) is 50.7 Å². The van der Waals surface area contributed by atoms with Gasteiger partial charge in [-0.15, -0.1) is 0 Å². The zero-order valence-electron chi connectivity index (χ0n) is 11.0. The number of hydrogen-bond acceptors (Lipinski definition) is 4. The van der Waals surface area contributed by atoms with Gasteiger partial charge in [0.1, 0.15) is 18.5 Å². The first-order valence-electron chi connectivity index (χ1n) is 6.35. The van der Waals surface area contributed by atoms with Crippen LogP contribution in [0.1, 0.15) is 11.1 Å². The van der Waals surface area contributed by atoms with Crippen molar-refractivity contribution in [2.75, 3.05) is 26.4 Å². The monoisotopic (exact) mass is 251 g/mol. The number of rotatable bonds is 6. The van der Waals surface area contributed by atoms with Crippen LogP contribution in [0, 0.1) is 13.8 Å². The third-order valence-electron chi connectivity index (χ3n) is 3.11. The smallest absolute Gasteiger partial charge is 0.125 e. The van der Waals surface area contributed by atoms with Crippen LogP contribution in [0.5, 0.6) is 5.75 Å². The summed E-state index contributed by atoms with van der Waals surface area (Å²) in [4.78, 5) is 0. The second kappa shape index (κ2) is 6.18. The molecule has 0 amide bonds. The fraction of sp³-hybridized carbons (Fsp3) is 0.571. The zero-order valence-corrected chi connectivity index (χ0v) is 11.0. The van der Waals surface area contributed by atoms with Crippen molar-refractivity contribution in [2.45, 2.75) is 26.0 Å². The Morgan fingerprint density at radius 1 is 1.39 bits per heavy atom. The van der Waals surface area contributed by atoms with E-state index in [-0.39, 0.29) is 0 Å². The molecule has 1 aromatic rings. The first kappa shape index (κ1) is 13.3. The minimum Gasteiger partial charge on any atom is -0.490 e. The molecular weight excluding hydrogens is 230 g/mol. The van der Waals surface area contributed by atoms with Crippen molar-refractivity contribution < 1.29 is 14.6 Å². The highest BCUT2D eigenvalue weighted by Gasteiger charge is 2.18. The number of benzene rings is 1. The van der Waals surface area contributed by atoms with E-state index >= 15 is 0 Å². The van der Waals surface area contributed by atoms with Gasteiger partial charge in [0.05, 0.1) is 19.3 Å². The molecular formula is C14H21NO3. The third kappa shape index (κ3) is 3.45. The minimum absolute atomic E-state index is 0.312. The van der Waals surface area contributed by atoms with Crippen molar-refractivity contribution in [3.63, 3.8) is 0 Å². The van der Waals surface area contributed by atoms with Crippen molar-refractivity contribution in [1.29, 1.82) is 0 Å². The number of aliphatic hydroxyl groups is 1. The van der Waals surface area contributed by atoms with Gasteiger partial charge in [-0.2, -0.15) is 0 Å². The molecule has 18 heavy (non-hydrogen) atoms. The van der Waals surface area contributed by atoms with Crippen molar-refractivity contribution in [3.8, 4) is 5.75 Å². The van der Waals surface area contributed by atoms with Crippen LogP contribution in [0.4, 0.5) is 0 Å². The van der Waals surface area contributed by atoms with Crippen LogP contribution >= 0.6 is 0 Å². The van der Waals surface area contributed by atoms with Crippen LogP contribution in [0.3, 0.4) is 0 Å². The zero-order chi connectivity index (χ0) is 13.0. The first-order valence-corrected chi connectivity index (χ1v) is 6.35. The molecule has 100 valence electrons. The fourth-order valence-corrected chi connectivity index (χ4v) is 1.92. The summed E-state index contributed by atoms with van der Waals surface area (Å²) in [5.41, 5.74) is 2.20. The van der Waals surface area contributed by atoms with E-state index in [4.69, 9.17) is 9.47 Å². The summed E-state index contributed by atoms with van der Waals surface area (Å²) in [6.45, 7) is 6.36. The van der Waals surface area contributed by atoms with Crippen LogP contribution < -0.4 is 10.1 Å². The van der Waals surface area contributed by atoms with E-state index in [2.05, 4.69) is 5.32 Å². The van der Waals surface area contributed by atoms with Crippen molar-refractivity contribution in [2.24, 2.45) is 0 Å². The fourth-order valence-electron chi connectivity index (χ4n) is 1.92. The number of aryl methyl sites for hydroxylation is 2. The second-order valence-corrected chi connectivity index (χ2v) is 4.83. The molecule has 1 atom stereocenters. The SMILES string of the molecule is Cc1cccc(C)c1OCC(O)CNC1COC1. The Kier molecular flexibility index (Phi) is 4.58. The number of para-hydroxylation sites is 1. The number of nitrogens with one attached hydrogen (secondary N) is 1. The summed E-state index contributed by atoms with van der Waals surface area (Å²) in [6, 6.07) is 6.42. The Balaban J connectivity index is 1.75. The van der Waals surface area contributed by atoms with E-state index in [1.165, 1.54) is 0 Å². The Bertz CT molecular complexity index is 370.